The molecule has 0 aliphatic rings. The monoisotopic (exact) mass is 318 g/mol. The first-order valence-electron chi connectivity index (χ1n) is 7.53. The predicted molar refractivity (Wildman–Crippen MR) is 91.9 cm³/mol. The molecular formula is C18H23ClN2O. The zero-order valence-electron chi connectivity index (χ0n) is 12.8. The molecule has 0 saturated carbocycles. The van der Waals surface area contributed by atoms with Crippen LogP contribution in [0.4, 0.5) is 0 Å². The Morgan fingerprint density at radius 2 is 1.82 bits per heavy atom. The van der Waals surface area contributed by atoms with Crippen LogP contribution in [0, 0.1) is 0 Å². The lowest BCUT2D eigenvalue weighted by molar-refractivity contribution is 0.170. The van der Waals surface area contributed by atoms with Crippen LogP contribution in [-0.4, -0.2) is 17.7 Å². The van der Waals surface area contributed by atoms with Crippen molar-refractivity contribution in [3.05, 3.63) is 70.2 Å². The first-order valence-corrected chi connectivity index (χ1v) is 7.91. The topological polar surface area (TPSA) is 58.3 Å². The van der Waals surface area contributed by atoms with Crippen LogP contribution in [0.1, 0.15) is 29.7 Å². The van der Waals surface area contributed by atoms with Crippen molar-refractivity contribution in [1.29, 1.82) is 0 Å². The number of aliphatic hydroxyl groups excluding tert-OH is 1. The Bertz CT molecular complexity index is 586. The van der Waals surface area contributed by atoms with Crippen molar-refractivity contribution in [3.8, 4) is 0 Å². The number of hydrogen-bond acceptors (Lipinski definition) is 3. The van der Waals surface area contributed by atoms with Crippen LogP contribution in [-0.2, 0) is 13.0 Å². The van der Waals surface area contributed by atoms with Crippen molar-refractivity contribution in [2.45, 2.75) is 32.0 Å². The van der Waals surface area contributed by atoms with Crippen molar-refractivity contribution >= 4 is 11.6 Å². The van der Waals surface area contributed by atoms with E-state index in [0.717, 1.165) is 17.5 Å². The van der Waals surface area contributed by atoms with Gasteiger partial charge in [0.2, 0.25) is 0 Å². The molecule has 0 aliphatic carbocycles. The molecular weight excluding hydrogens is 296 g/mol. The van der Waals surface area contributed by atoms with Gasteiger partial charge in [-0.25, -0.2) is 0 Å². The summed E-state index contributed by atoms with van der Waals surface area (Å²) in [6.07, 6.45) is 0.355. The van der Waals surface area contributed by atoms with Crippen molar-refractivity contribution in [1.82, 2.24) is 5.32 Å². The molecule has 2 rings (SSSR count). The maximum absolute atomic E-state index is 10.2. The van der Waals surface area contributed by atoms with Crippen molar-refractivity contribution < 1.29 is 5.11 Å². The summed E-state index contributed by atoms with van der Waals surface area (Å²) in [7, 11) is 0. The highest BCUT2D eigenvalue weighted by molar-refractivity contribution is 6.30. The van der Waals surface area contributed by atoms with Crippen LogP contribution in [0.3, 0.4) is 0 Å². The van der Waals surface area contributed by atoms with E-state index in [0.29, 0.717) is 18.1 Å². The highest BCUT2D eigenvalue weighted by atomic mass is 35.5. The van der Waals surface area contributed by atoms with E-state index in [2.05, 4.69) is 36.5 Å². The molecule has 22 heavy (non-hydrogen) atoms. The Morgan fingerprint density at radius 1 is 1.14 bits per heavy atom. The van der Waals surface area contributed by atoms with Gasteiger partial charge in [-0.05, 0) is 42.2 Å². The first-order chi connectivity index (χ1) is 10.6. The van der Waals surface area contributed by atoms with Crippen LogP contribution < -0.4 is 11.1 Å². The molecule has 0 amide bonds. The van der Waals surface area contributed by atoms with Crippen LogP contribution >= 0.6 is 11.6 Å². The van der Waals surface area contributed by atoms with Gasteiger partial charge in [0.05, 0.1) is 6.10 Å². The molecule has 4 N–H and O–H groups in total. The van der Waals surface area contributed by atoms with E-state index in [-0.39, 0.29) is 6.04 Å². The third kappa shape index (κ3) is 5.11. The minimum Gasteiger partial charge on any atom is -0.387 e. The lowest BCUT2D eigenvalue weighted by Gasteiger charge is -2.18. The molecule has 0 spiro atoms. The summed E-state index contributed by atoms with van der Waals surface area (Å²) in [4.78, 5) is 0. The average molecular weight is 319 g/mol. The number of rotatable bonds is 7. The zero-order valence-corrected chi connectivity index (χ0v) is 13.6. The molecule has 0 radical (unpaired) electrons. The molecule has 0 bridgehead atoms. The van der Waals surface area contributed by atoms with E-state index in [9.17, 15) is 5.11 Å². The Hall–Kier alpha value is -1.39. The molecule has 0 aromatic heterocycles. The molecule has 2 atom stereocenters. The summed E-state index contributed by atoms with van der Waals surface area (Å²) in [6.45, 7) is 3.18. The zero-order chi connectivity index (χ0) is 15.9. The maximum atomic E-state index is 10.2. The van der Waals surface area contributed by atoms with Crippen molar-refractivity contribution in [2.24, 2.45) is 5.73 Å². The van der Waals surface area contributed by atoms with E-state index in [4.69, 9.17) is 17.3 Å². The standard InChI is InChI=1S/C18H23ClN2O/c1-13(9-14-5-7-15(11-20)8-6-14)21-12-18(22)16-3-2-4-17(19)10-16/h2-8,10,13,18,21-22H,9,11-12,20H2,1H3. The molecule has 0 heterocycles. The summed E-state index contributed by atoms with van der Waals surface area (Å²) >= 11 is 5.94. The van der Waals surface area contributed by atoms with Gasteiger partial charge in [0.25, 0.3) is 0 Å². The minimum atomic E-state index is -0.555. The largest absolute Gasteiger partial charge is 0.387 e. The number of aliphatic hydroxyl groups is 1. The quantitative estimate of drug-likeness (QED) is 0.735. The van der Waals surface area contributed by atoms with Crippen molar-refractivity contribution in [3.63, 3.8) is 0 Å². The van der Waals surface area contributed by atoms with Gasteiger partial charge in [0.1, 0.15) is 0 Å². The fourth-order valence-corrected chi connectivity index (χ4v) is 2.58. The predicted octanol–water partition coefficient (Wildman–Crippen LogP) is 3.05. The second kappa shape index (κ2) is 8.30. The number of hydrogen-bond donors (Lipinski definition) is 3. The van der Waals surface area contributed by atoms with Gasteiger partial charge >= 0.3 is 0 Å². The smallest absolute Gasteiger partial charge is 0.0914 e. The number of nitrogens with one attached hydrogen (secondary N) is 1. The molecule has 0 fully saturated rings. The van der Waals surface area contributed by atoms with Crippen LogP contribution in [0.2, 0.25) is 5.02 Å². The Kier molecular flexibility index (Phi) is 6.40. The second-order valence-electron chi connectivity index (χ2n) is 5.60. The molecule has 0 aliphatic heterocycles. The normalized spacial score (nSPS) is 13.8. The molecule has 2 aromatic carbocycles. The number of benzene rings is 2. The summed E-state index contributed by atoms with van der Waals surface area (Å²) in [5.41, 5.74) is 8.83. The molecule has 0 saturated heterocycles. The second-order valence-corrected chi connectivity index (χ2v) is 6.04. The highest BCUT2D eigenvalue weighted by Crippen LogP contribution is 2.17. The molecule has 2 unspecified atom stereocenters. The van der Waals surface area contributed by atoms with Gasteiger partial charge in [0.15, 0.2) is 0 Å². The van der Waals surface area contributed by atoms with Gasteiger partial charge < -0.3 is 16.2 Å². The highest BCUT2D eigenvalue weighted by Gasteiger charge is 2.10. The van der Waals surface area contributed by atoms with Gasteiger partial charge in [-0.2, -0.15) is 0 Å². The maximum Gasteiger partial charge on any atom is 0.0914 e. The van der Waals surface area contributed by atoms with E-state index in [1.165, 1.54) is 5.56 Å². The number of halogens is 1. The fourth-order valence-electron chi connectivity index (χ4n) is 2.38. The van der Waals surface area contributed by atoms with Crippen molar-refractivity contribution in [2.75, 3.05) is 6.54 Å². The van der Waals surface area contributed by atoms with Crippen LogP contribution in [0.25, 0.3) is 0 Å². The minimum absolute atomic E-state index is 0.276. The van der Waals surface area contributed by atoms with Crippen LogP contribution in [0.15, 0.2) is 48.5 Å². The van der Waals surface area contributed by atoms with E-state index in [1.54, 1.807) is 12.1 Å². The van der Waals surface area contributed by atoms with E-state index < -0.39 is 6.10 Å². The summed E-state index contributed by atoms with van der Waals surface area (Å²) < 4.78 is 0. The summed E-state index contributed by atoms with van der Waals surface area (Å²) in [5, 5.41) is 14.2. The average Bonchev–Trinajstić information content (AvgIpc) is 2.53. The third-order valence-corrected chi connectivity index (χ3v) is 3.93. The van der Waals surface area contributed by atoms with Gasteiger partial charge in [0, 0.05) is 24.2 Å². The van der Waals surface area contributed by atoms with Crippen LogP contribution in [0.5, 0.6) is 0 Å². The molecule has 118 valence electrons. The first kappa shape index (κ1) is 17.0. The number of nitrogens with two attached hydrogens (primary N) is 1. The summed E-state index contributed by atoms with van der Waals surface area (Å²) in [5.74, 6) is 0. The molecule has 2 aromatic rings. The molecule has 4 heteroatoms. The SMILES string of the molecule is CC(Cc1ccc(CN)cc1)NCC(O)c1cccc(Cl)c1. The summed E-state index contributed by atoms with van der Waals surface area (Å²) in [6, 6.07) is 15.9. The van der Waals surface area contributed by atoms with Gasteiger partial charge in [-0.1, -0.05) is 48.0 Å². The van der Waals surface area contributed by atoms with E-state index in [1.807, 2.05) is 12.1 Å². The third-order valence-electron chi connectivity index (χ3n) is 3.69. The lowest BCUT2D eigenvalue weighted by Crippen LogP contribution is -2.32. The Labute approximate surface area is 137 Å². The lowest BCUT2D eigenvalue weighted by atomic mass is 10.0. The Morgan fingerprint density at radius 3 is 2.45 bits per heavy atom. The van der Waals surface area contributed by atoms with E-state index >= 15 is 0 Å². The molecule has 3 nitrogen and oxygen atoms in total. The van der Waals surface area contributed by atoms with Gasteiger partial charge in [-0.3, -0.25) is 0 Å². The Balaban J connectivity index is 1.82. The van der Waals surface area contributed by atoms with Gasteiger partial charge in [-0.15, -0.1) is 0 Å². The fraction of sp³-hybridized carbons (Fsp3) is 0.333.